The zero-order valence-electron chi connectivity index (χ0n) is 15.7. The maximum absolute atomic E-state index is 9.10. The number of hydrogen-bond donors (Lipinski definition) is 2. The van der Waals surface area contributed by atoms with E-state index in [-0.39, 0.29) is 6.10 Å². The molecule has 2 N–H and O–H groups in total. The molecule has 26 heavy (non-hydrogen) atoms. The molecule has 1 fully saturated rings. The summed E-state index contributed by atoms with van der Waals surface area (Å²) < 4.78 is 11.4. The molecule has 146 valence electrons. The lowest BCUT2D eigenvalue weighted by Crippen LogP contribution is -2.42. The molecule has 1 aliphatic heterocycles. The van der Waals surface area contributed by atoms with Gasteiger partial charge in [-0.3, -0.25) is 4.90 Å². The van der Waals surface area contributed by atoms with Crippen molar-refractivity contribution in [3.63, 3.8) is 0 Å². The summed E-state index contributed by atoms with van der Waals surface area (Å²) in [5.41, 5.74) is 1.27. The van der Waals surface area contributed by atoms with Crippen LogP contribution in [0.1, 0.15) is 32.3 Å². The van der Waals surface area contributed by atoms with Crippen LogP contribution in [-0.2, 0) is 14.3 Å². The van der Waals surface area contributed by atoms with E-state index in [9.17, 15) is 0 Å². The molecule has 0 spiro atoms. The molecule has 0 saturated carbocycles. The molecule has 7 heteroatoms. The van der Waals surface area contributed by atoms with E-state index in [0.717, 1.165) is 38.5 Å². The highest BCUT2D eigenvalue weighted by atomic mass is 16.5. The lowest BCUT2D eigenvalue weighted by atomic mass is 10.1. The van der Waals surface area contributed by atoms with Crippen LogP contribution in [0.4, 0.5) is 0 Å². The van der Waals surface area contributed by atoms with Gasteiger partial charge in [-0.25, -0.2) is 9.59 Å². The summed E-state index contributed by atoms with van der Waals surface area (Å²) in [5.74, 6) is -2.67. The van der Waals surface area contributed by atoms with Gasteiger partial charge in [0.25, 0.3) is 0 Å². The van der Waals surface area contributed by atoms with E-state index in [1.807, 2.05) is 0 Å². The fourth-order valence-electron chi connectivity index (χ4n) is 2.58. The second-order valence-electron chi connectivity index (χ2n) is 6.43. The van der Waals surface area contributed by atoms with Crippen molar-refractivity contribution in [2.24, 2.45) is 0 Å². The summed E-state index contributed by atoms with van der Waals surface area (Å²) in [6.07, 6.45) is 2.53. The summed E-state index contributed by atoms with van der Waals surface area (Å²) in [4.78, 5) is 20.7. The van der Waals surface area contributed by atoms with Crippen LogP contribution in [0.2, 0.25) is 0 Å². The Hall–Kier alpha value is -2.12. The number of morpholine rings is 1. The number of carboxylic acids is 2. The van der Waals surface area contributed by atoms with Crippen LogP contribution in [0.25, 0.3) is 0 Å². The largest absolute Gasteiger partial charge is 0.491 e. The van der Waals surface area contributed by atoms with E-state index >= 15 is 0 Å². The summed E-state index contributed by atoms with van der Waals surface area (Å²) >= 11 is 0. The predicted molar refractivity (Wildman–Crippen MR) is 97.6 cm³/mol. The van der Waals surface area contributed by atoms with Gasteiger partial charge in [0.05, 0.1) is 19.3 Å². The third-order valence-electron chi connectivity index (χ3n) is 4.20. The minimum Gasteiger partial charge on any atom is -0.491 e. The molecule has 0 radical (unpaired) electrons. The van der Waals surface area contributed by atoms with Gasteiger partial charge >= 0.3 is 11.9 Å². The van der Waals surface area contributed by atoms with Crippen molar-refractivity contribution in [3.8, 4) is 5.75 Å². The molecule has 2 rings (SSSR count). The first kappa shape index (κ1) is 21.9. The normalized spacial score (nSPS) is 16.7. The zero-order valence-corrected chi connectivity index (χ0v) is 15.7. The van der Waals surface area contributed by atoms with Gasteiger partial charge in [0.15, 0.2) is 0 Å². The molecular formula is C19H29NO6. The summed E-state index contributed by atoms with van der Waals surface area (Å²) in [7, 11) is 0. The molecule has 1 heterocycles. The number of carbonyl (C=O) groups is 2. The fraction of sp³-hybridized carbons (Fsp3) is 0.579. The minimum absolute atomic E-state index is 0.265. The molecule has 2 unspecified atom stereocenters. The van der Waals surface area contributed by atoms with Gasteiger partial charge in [-0.2, -0.15) is 0 Å². The summed E-state index contributed by atoms with van der Waals surface area (Å²) in [5, 5.41) is 14.8. The first-order chi connectivity index (χ1) is 12.3. The second kappa shape index (κ2) is 11.5. The molecule has 0 aliphatic carbocycles. The number of nitrogens with zero attached hydrogens (tertiary/aromatic N) is 1. The van der Waals surface area contributed by atoms with Crippen molar-refractivity contribution in [2.75, 3.05) is 26.3 Å². The van der Waals surface area contributed by atoms with E-state index < -0.39 is 11.9 Å². The SMILES string of the molecule is Cc1ccc(OC(C)CCC(C)N2CCOCC2)cc1.O=C(O)C(=O)O. The average molecular weight is 367 g/mol. The lowest BCUT2D eigenvalue weighted by Gasteiger charge is -2.32. The number of carboxylic acid groups (broad SMARTS) is 2. The van der Waals surface area contributed by atoms with Crippen molar-refractivity contribution < 1.29 is 29.3 Å². The molecule has 0 aromatic heterocycles. The van der Waals surface area contributed by atoms with Gasteiger partial charge in [0, 0.05) is 19.1 Å². The van der Waals surface area contributed by atoms with Crippen molar-refractivity contribution >= 4 is 11.9 Å². The third-order valence-corrected chi connectivity index (χ3v) is 4.20. The standard InChI is InChI=1S/C17H27NO2.C2H2O4/c1-14-4-8-17(9-5-14)20-16(3)7-6-15(2)18-10-12-19-13-11-18;3-1(4)2(5)6/h4-5,8-9,15-16H,6-7,10-13H2,1-3H3;(H,3,4)(H,5,6). The predicted octanol–water partition coefficient (Wildman–Crippen LogP) is 2.42. The van der Waals surface area contributed by atoms with Gasteiger partial charge in [-0.15, -0.1) is 0 Å². The van der Waals surface area contributed by atoms with Gasteiger partial charge in [-0.05, 0) is 45.7 Å². The highest BCUT2D eigenvalue weighted by Gasteiger charge is 2.17. The van der Waals surface area contributed by atoms with E-state index in [1.165, 1.54) is 12.0 Å². The topological polar surface area (TPSA) is 96.3 Å². The first-order valence-corrected chi connectivity index (χ1v) is 8.81. The van der Waals surface area contributed by atoms with Crippen LogP contribution >= 0.6 is 0 Å². The van der Waals surface area contributed by atoms with Crippen molar-refractivity contribution in [1.82, 2.24) is 4.90 Å². The van der Waals surface area contributed by atoms with Gasteiger partial charge in [0.1, 0.15) is 5.75 Å². The van der Waals surface area contributed by atoms with Crippen molar-refractivity contribution in [1.29, 1.82) is 0 Å². The number of hydrogen-bond acceptors (Lipinski definition) is 5. The van der Waals surface area contributed by atoms with Crippen LogP contribution in [-0.4, -0.2) is 65.5 Å². The monoisotopic (exact) mass is 367 g/mol. The minimum atomic E-state index is -1.82. The molecule has 7 nitrogen and oxygen atoms in total. The molecule has 1 saturated heterocycles. The Morgan fingerprint density at radius 1 is 1.08 bits per heavy atom. The number of rotatable bonds is 6. The maximum atomic E-state index is 9.10. The van der Waals surface area contributed by atoms with Gasteiger partial charge in [-0.1, -0.05) is 17.7 Å². The maximum Gasteiger partial charge on any atom is 0.414 e. The van der Waals surface area contributed by atoms with E-state index in [0.29, 0.717) is 6.04 Å². The molecule has 2 atom stereocenters. The Labute approximate surface area is 154 Å². The average Bonchev–Trinajstić information content (AvgIpc) is 2.63. The number of aryl methyl sites for hydroxylation is 1. The zero-order chi connectivity index (χ0) is 19.5. The molecular weight excluding hydrogens is 338 g/mol. The Morgan fingerprint density at radius 2 is 1.62 bits per heavy atom. The fourth-order valence-corrected chi connectivity index (χ4v) is 2.58. The molecule has 1 aromatic rings. The highest BCUT2D eigenvalue weighted by molar-refractivity contribution is 6.27. The first-order valence-electron chi connectivity index (χ1n) is 8.81. The van der Waals surface area contributed by atoms with E-state index in [2.05, 4.69) is 49.9 Å². The van der Waals surface area contributed by atoms with Gasteiger partial charge < -0.3 is 19.7 Å². The Balaban J connectivity index is 0.000000487. The molecule has 0 amide bonds. The number of aliphatic carboxylic acids is 2. The Bertz CT molecular complexity index is 542. The van der Waals surface area contributed by atoms with Crippen LogP contribution < -0.4 is 4.74 Å². The third kappa shape index (κ3) is 8.82. The van der Waals surface area contributed by atoms with Crippen LogP contribution in [0, 0.1) is 6.92 Å². The van der Waals surface area contributed by atoms with E-state index in [1.54, 1.807) is 0 Å². The van der Waals surface area contributed by atoms with E-state index in [4.69, 9.17) is 29.3 Å². The Kier molecular flexibility index (Phi) is 9.69. The Morgan fingerprint density at radius 3 is 2.12 bits per heavy atom. The molecule has 1 aliphatic rings. The van der Waals surface area contributed by atoms with Crippen molar-refractivity contribution in [2.45, 2.75) is 45.8 Å². The molecule has 0 bridgehead atoms. The summed E-state index contributed by atoms with van der Waals surface area (Å²) in [6, 6.07) is 8.91. The number of benzene rings is 1. The second-order valence-corrected chi connectivity index (χ2v) is 6.43. The summed E-state index contributed by atoms with van der Waals surface area (Å²) in [6.45, 7) is 10.4. The van der Waals surface area contributed by atoms with Crippen LogP contribution in [0.15, 0.2) is 24.3 Å². The molecule has 1 aromatic carbocycles. The number of ether oxygens (including phenoxy) is 2. The smallest absolute Gasteiger partial charge is 0.414 e. The lowest BCUT2D eigenvalue weighted by molar-refractivity contribution is -0.159. The van der Waals surface area contributed by atoms with Gasteiger partial charge in [0.2, 0.25) is 0 Å². The van der Waals surface area contributed by atoms with Crippen LogP contribution in [0.5, 0.6) is 5.75 Å². The quantitative estimate of drug-likeness (QED) is 0.745. The highest BCUT2D eigenvalue weighted by Crippen LogP contribution is 2.17. The van der Waals surface area contributed by atoms with Crippen molar-refractivity contribution in [3.05, 3.63) is 29.8 Å². The van der Waals surface area contributed by atoms with Crippen LogP contribution in [0.3, 0.4) is 0 Å².